The van der Waals surface area contributed by atoms with E-state index in [1.807, 2.05) is 7.05 Å². The zero-order chi connectivity index (χ0) is 13.8. The third kappa shape index (κ3) is 3.80. The molecule has 2 unspecified atom stereocenters. The number of nitrogens with zero attached hydrogens (tertiary/aromatic N) is 3. The predicted octanol–water partition coefficient (Wildman–Crippen LogP) is 1.27. The van der Waals surface area contributed by atoms with Crippen molar-refractivity contribution in [1.82, 2.24) is 20.0 Å². The van der Waals surface area contributed by atoms with Crippen LogP contribution < -0.4 is 5.32 Å². The zero-order valence-electron chi connectivity index (χ0n) is 12.1. The van der Waals surface area contributed by atoms with Gasteiger partial charge in [0.25, 0.3) is 5.91 Å². The van der Waals surface area contributed by atoms with Gasteiger partial charge < -0.3 is 10.2 Å². The highest BCUT2D eigenvalue weighted by atomic mass is 16.2. The fourth-order valence-electron chi connectivity index (χ4n) is 2.86. The van der Waals surface area contributed by atoms with Crippen molar-refractivity contribution in [3.8, 4) is 0 Å². The normalized spacial score (nSPS) is 23.6. The first-order chi connectivity index (χ1) is 9.06. The molecule has 5 nitrogen and oxygen atoms in total. The number of hydrogen-bond acceptors (Lipinski definition) is 3. The minimum Gasteiger partial charge on any atom is -0.348 e. The van der Waals surface area contributed by atoms with Gasteiger partial charge >= 0.3 is 0 Å². The van der Waals surface area contributed by atoms with E-state index in [4.69, 9.17) is 0 Å². The highest BCUT2D eigenvalue weighted by Crippen LogP contribution is 2.25. The second kappa shape index (κ2) is 6.19. The molecule has 1 aromatic rings. The first-order valence-corrected chi connectivity index (χ1v) is 7.01. The molecule has 0 aliphatic heterocycles. The van der Waals surface area contributed by atoms with E-state index in [1.54, 1.807) is 16.9 Å². The standard InChI is InChI=1S/C14H24N4O/c1-17(2)10-11-6-4-5-7-12(11)15-14(19)13-8-9-18(3)16-13/h8-9,11-12H,4-7,10H2,1-3H3,(H,15,19). The fourth-order valence-corrected chi connectivity index (χ4v) is 2.86. The van der Waals surface area contributed by atoms with Gasteiger partial charge in [0, 0.05) is 25.8 Å². The molecule has 0 spiro atoms. The molecule has 5 heteroatoms. The van der Waals surface area contributed by atoms with E-state index in [1.165, 1.54) is 19.3 Å². The summed E-state index contributed by atoms with van der Waals surface area (Å²) >= 11 is 0. The number of hydrogen-bond donors (Lipinski definition) is 1. The molecule has 1 fully saturated rings. The van der Waals surface area contributed by atoms with Crippen molar-refractivity contribution in [1.29, 1.82) is 0 Å². The lowest BCUT2D eigenvalue weighted by atomic mass is 9.84. The Balaban J connectivity index is 1.97. The van der Waals surface area contributed by atoms with E-state index >= 15 is 0 Å². The monoisotopic (exact) mass is 264 g/mol. The van der Waals surface area contributed by atoms with Crippen LogP contribution >= 0.6 is 0 Å². The molecule has 1 saturated carbocycles. The molecular formula is C14H24N4O. The second-order valence-electron chi connectivity index (χ2n) is 5.76. The number of aryl methyl sites for hydroxylation is 1. The number of carbonyl (C=O) groups is 1. The fraction of sp³-hybridized carbons (Fsp3) is 0.714. The predicted molar refractivity (Wildman–Crippen MR) is 75.0 cm³/mol. The van der Waals surface area contributed by atoms with E-state index in [9.17, 15) is 4.79 Å². The van der Waals surface area contributed by atoms with Gasteiger partial charge in [0.15, 0.2) is 0 Å². The topological polar surface area (TPSA) is 50.2 Å². The Kier molecular flexibility index (Phi) is 4.58. The molecule has 19 heavy (non-hydrogen) atoms. The third-order valence-corrected chi connectivity index (χ3v) is 3.77. The Bertz CT molecular complexity index is 427. The quantitative estimate of drug-likeness (QED) is 0.891. The molecule has 1 aliphatic carbocycles. The molecule has 1 heterocycles. The molecule has 0 radical (unpaired) electrons. The summed E-state index contributed by atoms with van der Waals surface area (Å²) in [5, 5.41) is 7.32. The summed E-state index contributed by atoms with van der Waals surface area (Å²) in [6, 6.07) is 2.05. The van der Waals surface area contributed by atoms with E-state index < -0.39 is 0 Å². The maximum atomic E-state index is 12.2. The van der Waals surface area contributed by atoms with Gasteiger partial charge in [-0.25, -0.2) is 0 Å². The van der Waals surface area contributed by atoms with E-state index in [2.05, 4.69) is 29.4 Å². The molecule has 0 aromatic carbocycles. The molecule has 1 N–H and O–H groups in total. The second-order valence-corrected chi connectivity index (χ2v) is 5.76. The van der Waals surface area contributed by atoms with Gasteiger partial charge in [-0.05, 0) is 38.9 Å². The van der Waals surface area contributed by atoms with Gasteiger partial charge in [-0.15, -0.1) is 0 Å². The summed E-state index contributed by atoms with van der Waals surface area (Å²) in [4.78, 5) is 14.4. The van der Waals surface area contributed by atoms with Crippen LogP contribution in [0.15, 0.2) is 12.3 Å². The van der Waals surface area contributed by atoms with E-state index in [0.29, 0.717) is 11.6 Å². The molecule has 2 rings (SSSR count). The van der Waals surface area contributed by atoms with Crippen LogP contribution in [0.3, 0.4) is 0 Å². The largest absolute Gasteiger partial charge is 0.348 e. The molecular weight excluding hydrogens is 240 g/mol. The van der Waals surface area contributed by atoms with Crippen molar-refractivity contribution in [2.24, 2.45) is 13.0 Å². The highest BCUT2D eigenvalue weighted by molar-refractivity contribution is 5.92. The van der Waals surface area contributed by atoms with Crippen molar-refractivity contribution >= 4 is 5.91 Å². The Morgan fingerprint density at radius 2 is 2.21 bits per heavy atom. The minimum absolute atomic E-state index is 0.0451. The molecule has 0 bridgehead atoms. The summed E-state index contributed by atoms with van der Waals surface area (Å²) < 4.78 is 1.66. The summed E-state index contributed by atoms with van der Waals surface area (Å²) in [5.74, 6) is 0.507. The van der Waals surface area contributed by atoms with Crippen LogP contribution in [0, 0.1) is 5.92 Å². The Labute approximate surface area is 115 Å². The van der Waals surface area contributed by atoms with Gasteiger partial charge in [0.1, 0.15) is 5.69 Å². The third-order valence-electron chi connectivity index (χ3n) is 3.77. The van der Waals surface area contributed by atoms with E-state index in [0.717, 1.165) is 13.0 Å². The van der Waals surface area contributed by atoms with Gasteiger partial charge in [0.2, 0.25) is 0 Å². The molecule has 1 amide bonds. The number of carbonyl (C=O) groups excluding carboxylic acids is 1. The number of nitrogens with one attached hydrogen (secondary N) is 1. The average Bonchev–Trinajstić information content (AvgIpc) is 2.78. The lowest BCUT2D eigenvalue weighted by molar-refractivity contribution is 0.0889. The SMILES string of the molecule is CN(C)CC1CCCCC1NC(=O)c1ccn(C)n1. The minimum atomic E-state index is -0.0451. The summed E-state index contributed by atoms with van der Waals surface area (Å²) in [6.07, 6.45) is 6.56. The molecule has 2 atom stereocenters. The van der Waals surface area contributed by atoms with Crippen LogP contribution in [-0.4, -0.2) is 47.3 Å². The van der Waals surface area contributed by atoms with Crippen LogP contribution in [0.25, 0.3) is 0 Å². The van der Waals surface area contributed by atoms with Crippen LogP contribution in [0.4, 0.5) is 0 Å². The Hall–Kier alpha value is -1.36. The van der Waals surface area contributed by atoms with Gasteiger partial charge in [-0.1, -0.05) is 12.8 Å². The molecule has 106 valence electrons. The van der Waals surface area contributed by atoms with Crippen LogP contribution in [0.5, 0.6) is 0 Å². The maximum Gasteiger partial charge on any atom is 0.272 e. The summed E-state index contributed by atoms with van der Waals surface area (Å²) in [7, 11) is 6.00. The lowest BCUT2D eigenvalue weighted by Gasteiger charge is -2.33. The zero-order valence-corrected chi connectivity index (χ0v) is 12.1. The van der Waals surface area contributed by atoms with Crippen molar-refractivity contribution in [2.75, 3.05) is 20.6 Å². The van der Waals surface area contributed by atoms with E-state index in [-0.39, 0.29) is 11.9 Å². The maximum absolute atomic E-state index is 12.2. The average molecular weight is 264 g/mol. The van der Waals surface area contributed by atoms with Crippen LogP contribution in [0.2, 0.25) is 0 Å². The van der Waals surface area contributed by atoms with Crippen molar-refractivity contribution in [2.45, 2.75) is 31.7 Å². The number of aromatic nitrogens is 2. The Morgan fingerprint density at radius 1 is 1.47 bits per heavy atom. The van der Waals surface area contributed by atoms with Crippen molar-refractivity contribution in [3.63, 3.8) is 0 Å². The highest BCUT2D eigenvalue weighted by Gasteiger charge is 2.27. The van der Waals surface area contributed by atoms with Crippen LogP contribution in [-0.2, 0) is 7.05 Å². The molecule has 0 saturated heterocycles. The van der Waals surface area contributed by atoms with Crippen LogP contribution in [0.1, 0.15) is 36.2 Å². The lowest BCUT2D eigenvalue weighted by Crippen LogP contribution is -2.45. The van der Waals surface area contributed by atoms with Crippen molar-refractivity contribution in [3.05, 3.63) is 18.0 Å². The van der Waals surface area contributed by atoms with Gasteiger partial charge in [-0.2, -0.15) is 5.10 Å². The van der Waals surface area contributed by atoms with Gasteiger partial charge in [-0.3, -0.25) is 9.48 Å². The first-order valence-electron chi connectivity index (χ1n) is 7.01. The molecule has 1 aromatic heterocycles. The number of amides is 1. The summed E-state index contributed by atoms with van der Waals surface area (Å²) in [5.41, 5.74) is 0.511. The smallest absolute Gasteiger partial charge is 0.272 e. The summed E-state index contributed by atoms with van der Waals surface area (Å²) in [6.45, 7) is 1.03. The van der Waals surface area contributed by atoms with Gasteiger partial charge in [0.05, 0.1) is 0 Å². The number of rotatable bonds is 4. The molecule has 1 aliphatic rings. The van der Waals surface area contributed by atoms with Crippen molar-refractivity contribution < 1.29 is 4.79 Å². The first kappa shape index (κ1) is 14.1. The Morgan fingerprint density at radius 3 is 2.84 bits per heavy atom.